The molecule has 0 spiro atoms. The number of carbonyl (C=O) groups is 2. The van der Waals surface area contributed by atoms with Crippen molar-refractivity contribution < 1.29 is 14.5 Å². The molecule has 0 saturated carbocycles. The van der Waals surface area contributed by atoms with Gasteiger partial charge in [-0.15, -0.1) is 0 Å². The molecule has 0 aliphatic heterocycles. The fourth-order valence-electron chi connectivity index (χ4n) is 2.91. The van der Waals surface area contributed by atoms with Crippen LogP contribution in [0.3, 0.4) is 0 Å². The van der Waals surface area contributed by atoms with Crippen molar-refractivity contribution in [2.45, 2.75) is 26.7 Å². The number of aromatic nitrogens is 1. The van der Waals surface area contributed by atoms with Gasteiger partial charge < -0.3 is 14.8 Å². The number of carbonyl (C=O) groups excluding carboxylic acids is 2. The van der Waals surface area contributed by atoms with E-state index in [-0.39, 0.29) is 28.4 Å². The van der Waals surface area contributed by atoms with Crippen LogP contribution in [0.4, 0.5) is 11.4 Å². The molecule has 9 heteroatoms. The van der Waals surface area contributed by atoms with Gasteiger partial charge in [-0.1, -0.05) is 19.9 Å². The fraction of sp³-hybridized carbons (Fsp3) is 0.350. The molecule has 2 rings (SSSR count). The number of nitrogens with zero attached hydrogens (tertiary/aromatic N) is 3. The van der Waals surface area contributed by atoms with Gasteiger partial charge in [0.1, 0.15) is 5.69 Å². The first-order chi connectivity index (χ1) is 13.8. The van der Waals surface area contributed by atoms with Gasteiger partial charge in [-0.2, -0.15) is 0 Å². The first-order valence-electron chi connectivity index (χ1n) is 9.34. The number of amides is 2. The van der Waals surface area contributed by atoms with Crippen molar-refractivity contribution in [2.75, 3.05) is 18.4 Å². The summed E-state index contributed by atoms with van der Waals surface area (Å²) < 4.78 is 1.23. The van der Waals surface area contributed by atoms with Crippen LogP contribution in [-0.4, -0.2) is 39.3 Å². The van der Waals surface area contributed by atoms with Crippen LogP contribution in [-0.2, 0) is 7.05 Å². The molecule has 154 valence electrons. The Kier molecular flexibility index (Phi) is 7.24. The Labute approximate surface area is 168 Å². The van der Waals surface area contributed by atoms with E-state index in [0.717, 1.165) is 18.9 Å². The van der Waals surface area contributed by atoms with Crippen molar-refractivity contribution in [3.05, 3.63) is 68.1 Å². The number of nitro benzene ring substituents is 1. The number of non-ortho nitro benzene ring substituents is 1. The lowest BCUT2D eigenvalue weighted by molar-refractivity contribution is -0.384. The molecule has 1 N–H and O–H groups in total. The molecular weight excluding hydrogens is 376 g/mol. The van der Waals surface area contributed by atoms with Crippen LogP contribution >= 0.6 is 0 Å². The fourth-order valence-corrected chi connectivity index (χ4v) is 2.91. The maximum atomic E-state index is 12.8. The predicted octanol–water partition coefficient (Wildman–Crippen LogP) is 2.81. The molecule has 0 aliphatic carbocycles. The van der Waals surface area contributed by atoms with Crippen LogP contribution in [0.2, 0.25) is 0 Å². The minimum atomic E-state index is -0.672. The van der Waals surface area contributed by atoms with Gasteiger partial charge in [0.15, 0.2) is 0 Å². The van der Waals surface area contributed by atoms with Gasteiger partial charge in [0.05, 0.1) is 10.5 Å². The lowest BCUT2D eigenvalue weighted by atomic mass is 10.1. The summed E-state index contributed by atoms with van der Waals surface area (Å²) in [6.45, 7) is 5.12. The van der Waals surface area contributed by atoms with Gasteiger partial charge in [-0.05, 0) is 25.0 Å². The molecule has 1 heterocycles. The third-order valence-corrected chi connectivity index (χ3v) is 4.27. The lowest BCUT2D eigenvalue weighted by Gasteiger charge is -2.22. The maximum absolute atomic E-state index is 12.8. The Morgan fingerprint density at radius 3 is 2.38 bits per heavy atom. The summed E-state index contributed by atoms with van der Waals surface area (Å²) in [7, 11) is 1.49. The molecule has 0 saturated heterocycles. The molecule has 2 amide bonds. The average molecular weight is 400 g/mol. The molecule has 9 nitrogen and oxygen atoms in total. The Morgan fingerprint density at radius 1 is 1.14 bits per heavy atom. The second-order valence-electron chi connectivity index (χ2n) is 6.61. The number of hydrogen-bond donors (Lipinski definition) is 1. The zero-order valence-electron chi connectivity index (χ0n) is 16.7. The van der Waals surface area contributed by atoms with Crippen LogP contribution < -0.4 is 10.9 Å². The largest absolute Gasteiger partial charge is 0.339 e. The zero-order valence-corrected chi connectivity index (χ0v) is 16.7. The number of benzene rings is 1. The summed E-state index contributed by atoms with van der Waals surface area (Å²) >= 11 is 0. The molecule has 2 aromatic rings. The molecule has 0 bridgehead atoms. The second-order valence-corrected chi connectivity index (χ2v) is 6.61. The topological polar surface area (TPSA) is 115 Å². The minimum Gasteiger partial charge on any atom is -0.339 e. The van der Waals surface area contributed by atoms with Crippen molar-refractivity contribution in [1.82, 2.24) is 9.47 Å². The smallest absolute Gasteiger partial charge is 0.274 e. The van der Waals surface area contributed by atoms with Crippen LogP contribution in [0.1, 0.15) is 47.4 Å². The highest BCUT2D eigenvalue weighted by atomic mass is 16.6. The van der Waals surface area contributed by atoms with E-state index in [0.29, 0.717) is 13.1 Å². The van der Waals surface area contributed by atoms with Gasteiger partial charge >= 0.3 is 0 Å². The SMILES string of the molecule is CCCN(CCC)C(=O)c1cc(NC(=O)c2cccc([N+](=O)[O-])c2)c(=O)n(C)c1. The van der Waals surface area contributed by atoms with Gasteiger partial charge in [0.25, 0.3) is 23.1 Å². The number of hydrogen-bond acceptors (Lipinski definition) is 5. The van der Waals surface area contributed by atoms with E-state index < -0.39 is 16.4 Å². The van der Waals surface area contributed by atoms with Crippen molar-refractivity contribution in [1.29, 1.82) is 0 Å². The highest BCUT2D eigenvalue weighted by Gasteiger charge is 2.19. The number of aryl methyl sites for hydroxylation is 1. The van der Waals surface area contributed by atoms with Crippen molar-refractivity contribution in [3.8, 4) is 0 Å². The number of pyridine rings is 1. The third kappa shape index (κ3) is 5.28. The standard InChI is InChI=1S/C20H24N4O5/c1-4-9-23(10-5-2)19(26)15-12-17(20(27)22(3)13-15)21-18(25)14-7-6-8-16(11-14)24(28)29/h6-8,11-13H,4-5,9-10H2,1-3H3,(H,21,25). The molecule has 0 unspecified atom stereocenters. The van der Waals surface area contributed by atoms with Crippen LogP contribution in [0.15, 0.2) is 41.3 Å². The minimum absolute atomic E-state index is 0.0385. The molecule has 0 fully saturated rings. The van der Waals surface area contributed by atoms with E-state index in [1.807, 2.05) is 13.8 Å². The van der Waals surface area contributed by atoms with Crippen molar-refractivity contribution in [3.63, 3.8) is 0 Å². The van der Waals surface area contributed by atoms with Crippen molar-refractivity contribution >= 4 is 23.2 Å². The van der Waals surface area contributed by atoms with Crippen LogP contribution in [0.25, 0.3) is 0 Å². The molecular formula is C20H24N4O5. The molecule has 0 aliphatic rings. The summed E-state index contributed by atoms with van der Waals surface area (Å²) in [5.74, 6) is -0.899. The molecule has 0 atom stereocenters. The molecule has 1 aromatic heterocycles. The van der Waals surface area contributed by atoms with E-state index in [1.165, 1.54) is 42.1 Å². The number of nitrogens with one attached hydrogen (secondary N) is 1. The predicted molar refractivity (Wildman–Crippen MR) is 109 cm³/mol. The number of anilines is 1. The maximum Gasteiger partial charge on any atom is 0.274 e. The number of nitro groups is 1. The normalized spacial score (nSPS) is 10.4. The molecule has 1 aromatic carbocycles. The monoisotopic (exact) mass is 400 g/mol. The summed E-state index contributed by atoms with van der Waals surface area (Å²) in [5.41, 5.74) is -0.468. The number of rotatable bonds is 8. The first-order valence-corrected chi connectivity index (χ1v) is 9.34. The molecule has 29 heavy (non-hydrogen) atoms. The summed E-state index contributed by atoms with van der Waals surface area (Å²) in [5, 5.41) is 13.4. The average Bonchev–Trinajstić information content (AvgIpc) is 2.70. The van der Waals surface area contributed by atoms with E-state index in [4.69, 9.17) is 0 Å². The Hall–Kier alpha value is -3.49. The van der Waals surface area contributed by atoms with Crippen LogP contribution in [0.5, 0.6) is 0 Å². The summed E-state index contributed by atoms with van der Waals surface area (Å²) in [6, 6.07) is 6.53. The quantitative estimate of drug-likeness (QED) is 0.540. The van der Waals surface area contributed by atoms with E-state index in [9.17, 15) is 24.5 Å². The molecule has 0 radical (unpaired) electrons. The highest BCUT2D eigenvalue weighted by molar-refractivity contribution is 6.05. The van der Waals surface area contributed by atoms with E-state index in [1.54, 1.807) is 4.90 Å². The zero-order chi connectivity index (χ0) is 21.6. The van der Waals surface area contributed by atoms with Gasteiger partial charge in [0, 0.05) is 44.0 Å². The van der Waals surface area contributed by atoms with Crippen molar-refractivity contribution in [2.24, 2.45) is 7.05 Å². The van der Waals surface area contributed by atoms with Crippen LogP contribution in [0, 0.1) is 10.1 Å². The van der Waals surface area contributed by atoms with E-state index in [2.05, 4.69) is 5.32 Å². The lowest BCUT2D eigenvalue weighted by Crippen LogP contribution is -2.34. The summed E-state index contributed by atoms with van der Waals surface area (Å²) in [6.07, 6.45) is 3.04. The first kappa shape index (κ1) is 21.8. The second kappa shape index (κ2) is 9.63. The third-order valence-electron chi connectivity index (χ3n) is 4.27. The van der Waals surface area contributed by atoms with Gasteiger partial charge in [-0.25, -0.2) is 0 Å². The Bertz CT molecular complexity index is 977. The van der Waals surface area contributed by atoms with Gasteiger partial charge in [0.2, 0.25) is 0 Å². The highest BCUT2D eigenvalue weighted by Crippen LogP contribution is 2.15. The summed E-state index contributed by atoms with van der Waals surface area (Å²) in [4.78, 5) is 49.8. The van der Waals surface area contributed by atoms with Gasteiger partial charge in [-0.3, -0.25) is 24.5 Å². The Morgan fingerprint density at radius 2 is 1.79 bits per heavy atom. The Balaban J connectivity index is 2.35. The van der Waals surface area contributed by atoms with E-state index >= 15 is 0 Å².